The number of cyclic esters (lactones) is 2. The van der Waals surface area contributed by atoms with Crippen molar-refractivity contribution in [1.82, 2.24) is 4.90 Å². The summed E-state index contributed by atoms with van der Waals surface area (Å²) in [6.07, 6.45) is -6.80. The Hall–Kier alpha value is -8.73. The summed E-state index contributed by atoms with van der Waals surface area (Å²) in [6, 6.07) is 32.8. The minimum absolute atomic E-state index is 0.0239. The van der Waals surface area contributed by atoms with Crippen molar-refractivity contribution in [2.75, 3.05) is 6.54 Å². The van der Waals surface area contributed by atoms with Gasteiger partial charge in [-0.3, -0.25) is 14.5 Å². The van der Waals surface area contributed by atoms with E-state index in [-0.39, 0.29) is 127 Å². The number of amides is 2. The number of carbonyl (C=O) groups excluding carboxylic acids is 4. The number of nitrogens with zero attached hydrogens (tertiary/aromatic N) is 1. The number of alkyl halides is 7. The van der Waals surface area contributed by atoms with Crippen LogP contribution in [0, 0.1) is 0 Å². The van der Waals surface area contributed by atoms with Gasteiger partial charge in [0.2, 0.25) is 0 Å². The summed E-state index contributed by atoms with van der Waals surface area (Å²) in [5.74, 6) is -18.1. The van der Waals surface area contributed by atoms with Gasteiger partial charge >= 0.3 is 30.0 Å². The fourth-order valence-electron chi connectivity index (χ4n) is 11.0. The Balaban J connectivity index is 1.34. The maximum atomic E-state index is 15.8. The van der Waals surface area contributed by atoms with E-state index in [4.69, 9.17) is 23.7 Å². The standard InChI is InChI=1S/C68H58F7NO9/c1-62(2,3)34-13-21-38(22-14-34)81-46-29-42-50-43(59(78)76(58(42)77)33-66(69,70)67(71,72)68(73,74)75)30-47(82-39-23-15-35(16-24-39)63(4,5)6)53-55-49(84-41-27-19-37(20-28-41)65(10,11)12)32-45-51-44(60(79)85-61(45)80)31-48(54(57(51)55)52(46)56(50)53)83-40-25-17-36(18-26-40)64(7,8)9/h13-32H,33H2,1-12H3. The largest absolute Gasteiger partial charge is 0.459 e. The molecule has 2 aliphatic rings. The van der Waals surface area contributed by atoms with Crippen molar-refractivity contribution in [3.05, 3.63) is 166 Å². The van der Waals surface area contributed by atoms with Crippen LogP contribution in [-0.4, -0.2) is 53.2 Å². The summed E-state index contributed by atoms with van der Waals surface area (Å²) in [4.78, 5) is 58.6. The Morgan fingerprint density at radius 2 is 0.600 bits per heavy atom. The molecule has 11 rings (SSSR count). The van der Waals surface area contributed by atoms with E-state index in [2.05, 4.69) is 0 Å². The molecule has 0 saturated carbocycles. The molecular weight excluding hydrogens is 1110 g/mol. The summed E-state index contributed by atoms with van der Waals surface area (Å²) in [6.45, 7) is 21.4. The van der Waals surface area contributed by atoms with Crippen LogP contribution in [0.1, 0.15) is 147 Å². The average molecular weight is 1170 g/mol. The molecule has 0 N–H and O–H groups in total. The van der Waals surface area contributed by atoms with Crippen LogP contribution in [0.4, 0.5) is 30.7 Å². The lowest BCUT2D eigenvalue weighted by molar-refractivity contribution is -0.354. The molecule has 10 nitrogen and oxygen atoms in total. The predicted octanol–water partition coefficient (Wildman–Crippen LogP) is 18.8. The summed E-state index contributed by atoms with van der Waals surface area (Å²) < 4.78 is 136. The van der Waals surface area contributed by atoms with Crippen molar-refractivity contribution < 1.29 is 73.6 Å². The van der Waals surface area contributed by atoms with Crippen LogP contribution < -0.4 is 18.9 Å². The maximum Gasteiger partial charge on any atom is 0.459 e. The molecule has 17 heteroatoms. The minimum atomic E-state index is -6.80. The molecule has 0 saturated heterocycles. The van der Waals surface area contributed by atoms with Gasteiger partial charge in [-0.1, -0.05) is 132 Å². The molecule has 0 bridgehead atoms. The van der Waals surface area contributed by atoms with Crippen molar-refractivity contribution in [3.8, 4) is 46.0 Å². The van der Waals surface area contributed by atoms with Gasteiger partial charge in [-0.05, 0) is 117 Å². The van der Waals surface area contributed by atoms with E-state index >= 15 is 18.4 Å². The highest BCUT2D eigenvalue weighted by atomic mass is 19.4. The SMILES string of the molecule is CC(C)(C)c1ccc(Oc2cc3c4c(cc(Oc5ccc(C(C)(C)C)cc5)c5c6c(Oc7ccc(C(C)(C)C)cc7)cc7c8c(cc(Oc9ccc(C(C)(C)C)cc9)c(c2c45)c86)C(=O)N(CC(F)(F)C(F)(F)C(F)(F)F)C7=O)C(=O)OC3=O)cc1. The zero-order chi connectivity index (χ0) is 61.6. The fraction of sp³-hybridized carbons (Fsp3) is 0.294. The number of carbonyl (C=O) groups is 4. The van der Waals surface area contributed by atoms with Gasteiger partial charge in [0.05, 0.1) is 28.8 Å². The molecule has 9 aromatic carbocycles. The smallest absolute Gasteiger partial charge is 0.457 e. The number of imide groups is 1. The second kappa shape index (κ2) is 19.4. The van der Waals surface area contributed by atoms with Crippen LogP contribution in [0.5, 0.6) is 46.0 Å². The van der Waals surface area contributed by atoms with Gasteiger partial charge in [0, 0.05) is 43.1 Å². The summed E-state index contributed by atoms with van der Waals surface area (Å²) >= 11 is 0. The molecule has 0 radical (unpaired) electrons. The van der Waals surface area contributed by atoms with Gasteiger partial charge in [0.15, 0.2) is 0 Å². The minimum Gasteiger partial charge on any atom is -0.457 e. The molecule has 0 aliphatic carbocycles. The first kappa shape index (κ1) is 58.1. The monoisotopic (exact) mass is 1170 g/mol. The zero-order valence-electron chi connectivity index (χ0n) is 48.5. The van der Waals surface area contributed by atoms with E-state index in [0.29, 0.717) is 0 Å². The van der Waals surface area contributed by atoms with Gasteiger partial charge < -0.3 is 23.7 Å². The van der Waals surface area contributed by atoms with Crippen LogP contribution >= 0.6 is 0 Å². The highest BCUT2D eigenvalue weighted by molar-refractivity contribution is 6.44. The summed E-state index contributed by atoms with van der Waals surface area (Å²) in [7, 11) is 0. The molecular formula is C68H58F7NO9. The van der Waals surface area contributed by atoms with Crippen LogP contribution in [0.15, 0.2) is 121 Å². The number of ether oxygens (including phenoxy) is 5. The first-order chi connectivity index (χ1) is 39.4. The van der Waals surface area contributed by atoms with Gasteiger partial charge in [-0.25, -0.2) is 9.59 Å². The molecule has 2 aliphatic heterocycles. The van der Waals surface area contributed by atoms with Crippen LogP contribution in [-0.2, 0) is 26.4 Å². The Kier molecular flexibility index (Phi) is 13.3. The van der Waals surface area contributed by atoms with E-state index < -0.39 is 59.4 Å². The lowest BCUT2D eigenvalue weighted by Gasteiger charge is -2.35. The second-order valence-corrected chi connectivity index (χ2v) is 25.8. The third kappa shape index (κ3) is 9.88. The number of esters is 2. The third-order valence-electron chi connectivity index (χ3n) is 15.7. The first-order valence-electron chi connectivity index (χ1n) is 27.4. The molecule has 2 heterocycles. The highest BCUT2D eigenvalue weighted by Crippen LogP contribution is 2.58. The van der Waals surface area contributed by atoms with Crippen LogP contribution in [0.2, 0.25) is 0 Å². The molecule has 0 atom stereocenters. The molecule has 9 aromatic rings. The summed E-state index contributed by atoms with van der Waals surface area (Å²) in [5, 5.41) is 0.0687. The number of hydrogen-bond acceptors (Lipinski definition) is 9. The lowest BCUT2D eigenvalue weighted by Crippen LogP contribution is -2.59. The maximum absolute atomic E-state index is 15.8. The van der Waals surface area contributed by atoms with E-state index in [1.54, 1.807) is 72.8 Å². The van der Waals surface area contributed by atoms with Crippen molar-refractivity contribution in [1.29, 1.82) is 0 Å². The Morgan fingerprint density at radius 1 is 0.353 bits per heavy atom. The van der Waals surface area contributed by atoms with Crippen molar-refractivity contribution in [2.45, 2.75) is 123 Å². The van der Waals surface area contributed by atoms with Crippen molar-refractivity contribution in [3.63, 3.8) is 0 Å². The van der Waals surface area contributed by atoms with Gasteiger partial charge in [0.1, 0.15) is 46.0 Å². The Labute approximate surface area is 484 Å². The van der Waals surface area contributed by atoms with Gasteiger partial charge in [-0.15, -0.1) is 0 Å². The summed E-state index contributed by atoms with van der Waals surface area (Å²) in [5.41, 5.74) is 0.838. The van der Waals surface area contributed by atoms with E-state index in [1.165, 1.54) is 12.1 Å². The van der Waals surface area contributed by atoms with E-state index in [9.17, 15) is 31.5 Å². The zero-order valence-corrected chi connectivity index (χ0v) is 48.5. The van der Waals surface area contributed by atoms with Crippen molar-refractivity contribution >= 4 is 66.8 Å². The quantitative estimate of drug-likeness (QED) is 0.0311. The normalized spacial score (nSPS) is 14.5. The number of hydrogen-bond donors (Lipinski definition) is 0. The Morgan fingerprint density at radius 3 is 0.847 bits per heavy atom. The second-order valence-electron chi connectivity index (χ2n) is 25.8. The predicted molar refractivity (Wildman–Crippen MR) is 310 cm³/mol. The highest BCUT2D eigenvalue weighted by Gasteiger charge is 2.73. The molecule has 438 valence electrons. The third-order valence-corrected chi connectivity index (χ3v) is 15.7. The lowest BCUT2D eigenvalue weighted by atomic mass is 9.81. The number of benzene rings is 9. The van der Waals surface area contributed by atoms with E-state index in [0.717, 1.165) is 34.4 Å². The van der Waals surface area contributed by atoms with Crippen molar-refractivity contribution in [2.24, 2.45) is 0 Å². The molecule has 2 amide bonds. The fourth-order valence-corrected chi connectivity index (χ4v) is 11.0. The molecule has 0 spiro atoms. The van der Waals surface area contributed by atoms with Crippen LogP contribution in [0.25, 0.3) is 43.1 Å². The number of halogens is 7. The van der Waals surface area contributed by atoms with Crippen LogP contribution in [0.3, 0.4) is 0 Å². The molecule has 0 fully saturated rings. The first-order valence-corrected chi connectivity index (χ1v) is 27.4. The van der Waals surface area contributed by atoms with E-state index in [1.807, 2.05) is 107 Å². The topological polar surface area (TPSA) is 118 Å². The van der Waals surface area contributed by atoms with Gasteiger partial charge in [0.25, 0.3) is 11.8 Å². The number of fused-ring (bicyclic) bond motifs is 2. The Bertz CT molecular complexity index is 4010. The molecule has 0 unspecified atom stereocenters. The average Bonchev–Trinajstić information content (AvgIpc) is 0.680. The number of rotatable bonds is 11. The molecule has 85 heavy (non-hydrogen) atoms. The molecule has 0 aromatic heterocycles. The van der Waals surface area contributed by atoms with Gasteiger partial charge in [-0.2, -0.15) is 30.7 Å².